The van der Waals surface area contributed by atoms with Crippen LogP contribution in [-0.4, -0.2) is 32.0 Å². The summed E-state index contributed by atoms with van der Waals surface area (Å²) in [6.45, 7) is -0.160. The third-order valence-electron chi connectivity index (χ3n) is 2.27. The van der Waals surface area contributed by atoms with Crippen LogP contribution in [0.25, 0.3) is 0 Å². The van der Waals surface area contributed by atoms with Gasteiger partial charge in [-0.25, -0.2) is 9.48 Å². The lowest BCUT2D eigenvalue weighted by Crippen LogP contribution is -2.19. The van der Waals surface area contributed by atoms with Crippen LogP contribution in [0, 0.1) is 0 Å². The summed E-state index contributed by atoms with van der Waals surface area (Å²) in [4.78, 5) is 22.4. The average molecular weight is 360 g/mol. The maximum absolute atomic E-state index is 11.8. The summed E-state index contributed by atoms with van der Waals surface area (Å²) in [6, 6.07) is 5.03. The lowest BCUT2D eigenvalue weighted by molar-refractivity contribution is -0.116. The van der Waals surface area contributed by atoms with E-state index in [1.54, 1.807) is 18.2 Å². The molecule has 9 heteroatoms. The van der Waals surface area contributed by atoms with Gasteiger partial charge < -0.3 is 10.4 Å². The molecule has 0 saturated carbocycles. The van der Waals surface area contributed by atoms with Crippen molar-refractivity contribution in [3.63, 3.8) is 0 Å². The molecule has 0 radical (unpaired) electrons. The fourth-order valence-electron chi connectivity index (χ4n) is 1.40. The zero-order valence-corrected chi connectivity index (χ0v) is 12.2. The van der Waals surface area contributed by atoms with Crippen LogP contribution in [0.2, 0.25) is 5.02 Å². The van der Waals surface area contributed by atoms with Crippen LogP contribution in [-0.2, 0) is 11.3 Å². The molecule has 0 fully saturated rings. The van der Waals surface area contributed by atoms with Crippen molar-refractivity contribution < 1.29 is 14.7 Å². The predicted molar refractivity (Wildman–Crippen MR) is 74.8 cm³/mol. The first-order chi connectivity index (χ1) is 9.45. The van der Waals surface area contributed by atoms with Crippen LogP contribution in [0.1, 0.15) is 10.5 Å². The molecule has 7 nitrogen and oxygen atoms in total. The molecule has 1 heterocycles. The molecule has 104 valence electrons. The van der Waals surface area contributed by atoms with E-state index in [0.717, 1.165) is 9.15 Å². The molecular weight excluding hydrogens is 352 g/mol. The molecule has 20 heavy (non-hydrogen) atoms. The molecule has 2 aromatic rings. The Labute approximate surface area is 126 Å². The molecule has 0 aliphatic heterocycles. The number of hydrogen-bond donors (Lipinski definition) is 2. The summed E-state index contributed by atoms with van der Waals surface area (Å²) in [5, 5.41) is 18.6. The molecule has 0 spiro atoms. The number of rotatable bonds is 4. The van der Waals surface area contributed by atoms with E-state index in [1.165, 1.54) is 6.20 Å². The number of hydrogen-bond acceptors (Lipinski definition) is 4. The molecule has 0 aliphatic carbocycles. The average Bonchev–Trinajstić information content (AvgIpc) is 2.81. The van der Waals surface area contributed by atoms with Crippen molar-refractivity contribution in [3.8, 4) is 0 Å². The molecule has 2 rings (SSSR count). The SMILES string of the molecule is O=C(Cn1cc(C(=O)O)nn1)Nc1ccc(Br)cc1Cl. The minimum atomic E-state index is -1.20. The van der Waals surface area contributed by atoms with Gasteiger partial charge in [0.25, 0.3) is 0 Å². The van der Waals surface area contributed by atoms with Crippen molar-refractivity contribution in [1.82, 2.24) is 15.0 Å². The van der Waals surface area contributed by atoms with Crippen molar-refractivity contribution in [3.05, 3.63) is 39.6 Å². The number of aromatic carboxylic acids is 1. The van der Waals surface area contributed by atoms with Gasteiger partial charge >= 0.3 is 5.97 Å². The topological polar surface area (TPSA) is 97.1 Å². The maximum Gasteiger partial charge on any atom is 0.358 e. The Morgan fingerprint density at radius 1 is 1.45 bits per heavy atom. The Morgan fingerprint density at radius 3 is 2.80 bits per heavy atom. The highest BCUT2D eigenvalue weighted by molar-refractivity contribution is 9.10. The molecule has 2 N–H and O–H groups in total. The van der Waals surface area contributed by atoms with E-state index in [4.69, 9.17) is 16.7 Å². The maximum atomic E-state index is 11.8. The number of nitrogens with one attached hydrogen (secondary N) is 1. The summed E-state index contributed by atoms with van der Waals surface area (Å²) in [5.74, 6) is -1.59. The van der Waals surface area contributed by atoms with E-state index >= 15 is 0 Å². The van der Waals surface area contributed by atoms with Crippen molar-refractivity contribution in [2.75, 3.05) is 5.32 Å². The Balaban J connectivity index is 2.03. The number of carbonyl (C=O) groups is 2. The lowest BCUT2D eigenvalue weighted by atomic mass is 10.3. The second-order valence-electron chi connectivity index (χ2n) is 3.78. The number of anilines is 1. The monoisotopic (exact) mass is 358 g/mol. The van der Waals surface area contributed by atoms with E-state index in [-0.39, 0.29) is 12.2 Å². The largest absolute Gasteiger partial charge is 0.476 e. The Morgan fingerprint density at radius 2 is 2.20 bits per heavy atom. The number of benzene rings is 1. The first kappa shape index (κ1) is 14.5. The van der Waals surface area contributed by atoms with Crippen molar-refractivity contribution in [2.45, 2.75) is 6.54 Å². The van der Waals surface area contributed by atoms with E-state index in [9.17, 15) is 9.59 Å². The highest BCUT2D eigenvalue weighted by atomic mass is 79.9. The highest BCUT2D eigenvalue weighted by Crippen LogP contribution is 2.25. The zero-order chi connectivity index (χ0) is 14.7. The Bertz CT molecular complexity index is 673. The van der Waals surface area contributed by atoms with E-state index in [1.807, 2.05) is 0 Å². The fourth-order valence-corrected chi connectivity index (χ4v) is 2.12. The molecule has 0 bridgehead atoms. The van der Waals surface area contributed by atoms with Gasteiger partial charge in [-0.3, -0.25) is 4.79 Å². The minimum absolute atomic E-state index is 0.160. The van der Waals surface area contributed by atoms with Gasteiger partial charge in [-0.05, 0) is 18.2 Å². The van der Waals surface area contributed by atoms with E-state index in [2.05, 4.69) is 31.6 Å². The van der Waals surface area contributed by atoms with Gasteiger partial charge in [0.15, 0.2) is 5.69 Å². The second kappa shape index (κ2) is 6.02. The number of amides is 1. The molecule has 1 aromatic carbocycles. The van der Waals surface area contributed by atoms with Gasteiger partial charge in [-0.2, -0.15) is 0 Å². The van der Waals surface area contributed by atoms with Crippen molar-refractivity contribution in [2.24, 2.45) is 0 Å². The van der Waals surface area contributed by atoms with Crippen LogP contribution in [0.15, 0.2) is 28.9 Å². The normalized spacial score (nSPS) is 10.3. The predicted octanol–water partition coefficient (Wildman–Crippen LogP) is 2.03. The second-order valence-corrected chi connectivity index (χ2v) is 5.10. The van der Waals surface area contributed by atoms with Crippen LogP contribution >= 0.6 is 27.5 Å². The number of carboxylic acids is 1. The molecule has 0 saturated heterocycles. The Hall–Kier alpha value is -1.93. The minimum Gasteiger partial charge on any atom is -0.476 e. The quantitative estimate of drug-likeness (QED) is 0.870. The van der Waals surface area contributed by atoms with Crippen molar-refractivity contribution in [1.29, 1.82) is 0 Å². The van der Waals surface area contributed by atoms with E-state index < -0.39 is 11.9 Å². The van der Waals surface area contributed by atoms with Crippen molar-refractivity contribution >= 4 is 45.1 Å². The zero-order valence-electron chi connectivity index (χ0n) is 9.88. The first-order valence-electron chi connectivity index (χ1n) is 5.34. The van der Waals surface area contributed by atoms with Gasteiger partial charge in [0, 0.05) is 4.47 Å². The third kappa shape index (κ3) is 3.55. The van der Waals surface area contributed by atoms with Gasteiger partial charge in [0.1, 0.15) is 6.54 Å². The number of carboxylic acid groups (broad SMARTS) is 1. The summed E-state index contributed by atoms with van der Waals surface area (Å²) in [5.41, 5.74) is 0.234. The summed E-state index contributed by atoms with van der Waals surface area (Å²) < 4.78 is 1.92. The van der Waals surface area contributed by atoms with E-state index in [0.29, 0.717) is 10.7 Å². The van der Waals surface area contributed by atoms with Gasteiger partial charge in [-0.1, -0.05) is 32.7 Å². The first-order valence-corrected chi connectivity index (χ1v) is 6.51. The summed E-state index contributed by atoms with van der Waals surface area (Å²) in [7, 11) is 0. The Kier molecular flexibility index (Phi) is 4.35. The molecule has 0 unspecified atom stereocenters. The molecule has 0 aliphatic rings. The third-order valence-corrected chi connectivity index (χ3v) is 3.07. The highest BCUT2D eigenvalue weighted by Gasteiger charge is 2.11. The fraction of sp³-hybridized carbons (Fsp3) is 0.0909. The van der Waals surface area contributed by atoms with Crippen LogP contribution in [0.4, 0.5) is 5.69 Å². The standard InChI is InChI=1S/C11H8BrClN4O3/c12-6-1-2-8(7(13)3-6)14-10(18)5-17-4-9(11(19)20)15-16-17/h1-4H,5H2,(H,14,18)(H,19,20). The summed E-state index contributed by atoms with van der Waals surface area (Å²) in [6.07, 6.45) is 1.17. The van der Waals surface area contributed by atoms with Gasteiger partial charge in [-0.15, -0.1) is 5.10 Å². The van der Waals surface area contributed by atoms with Crippen LogP contribution < -0.4 is 5.32 Å². The molecule has 1 amide bonds. The van der Waals surface area contributed by atoms with Crippen LogP contribution in [0.3, 0.4) is 0 Å². The lowest BCUT2D eigenvalue weighted by Gasteiger charge is -2.07. The summed E-state index contributed by atoms with van der Waals surface area (Å²) >= 11 is 9.22. The molecular formula is C11H8BrClN4O3. The molecule has 0 atom stereocenters. The number of nitrogens with zero attached hydrogens (tertiary/aromatic N) is 3. The number of aromatic nitrogens is 3. The van der Waals surface area contributed by atoms with Crippen LogP contribution in [0.5, 0.6) is 0 Å². The number of halogens is 2. The molecule has 1 aromatic heterocycles. The smallest absolute Gasteiger partial charge is 0.358 e. The van der Waals surface area contributed by atoms with Gasteiger partial charge in [0.05, 0.1) is 16.9 Å². The number of carbonyl (C=O) groups excluding carboxylic acids is 1. The van der Waals surface area contributed by atoms with Gasteiger partial charge in [0.2, 0.25) is 5.91 Å².